The van der Waals surface area contributed by atoms with Crippen LogP contribution in [-0.2, 0) is 0 Å². The van der Waals surface area contributed by atoms with Gasteiger partial charge in [-0.15, -0.1) is 11.3 Å². The summed E-state index contributed by atoms with van der Waals surface area (Å²) in [5.74, 6) is 0. The Morgan fingerprint density at radius 3 is 2.12 bits per heavy atom. The third-order valence-corrected chi connectivity index (χ3v) is 7.43. The predicted octanol–water partition coefficient (Wildman–Crippen LogP) is 9.36. The number of para-hydroxylation sites is 2. The number of furan rings is 1. The van der Waals surface area contributed by atoms with Gasteiger partial charge in [-0.25, -0.2) is 0 Å². The molecule has 0 saturated carbocycles. The van der Waals surface area contributed by atoms with E-state index in [9.17, 15) is 0 Å². The van der Waals surface area contributed by atoms with Crippen LogP contribution >= 0.6 is 11.3 Å². The quantitative estimate of drug-likeness (QED) is 0.295. The summed E-state index contributed by atoms with van der Waals surface area (Å²) in [4.78, 5) is 0. The molecule has 5 aromatic carbocycles. The van der Waals surface area contributed by atoms with Crippen molar-refractivity contribution in [2.75, 3.05) is 5.32 Å². The van der Waals surface area contributed by atoms with Crippen LogP contribution in [0.4, 0.5) is 11.4 Å². The molecule has 1 N–H and O–H groups in total. The van der Waals surface area contributed by atoms with Gasteiger partial charge in [-0.1, -0.05) is 72.8 Å². The van der Waals surface area contributed by atoms with Crippen molar-refractivity contribution in [3.63, 3.8) is 0 Å². The van der Waals surface area contributed by atoms with E-state index in [1.54, 1.807) is 0 Å². The Bertz CT molecular complexity index is 1810. The highest BCUT2D eigenvalue weighted by molar-refractivity contribution is 7.25. The summed E-state index contributed by atoms with van der Waals surface area (Å²) >= 11 is 1.85. The monoisotopic (exact) mass is 441 g/mol. The van der Waals surface area contributed by atoms with Crippen LogP contribution < -0.4 is 5.32 Å². The molecule has 0 aliphatic heterocycles. The van der Waals surface area contributed by atoms with Gasteiger partial charge in [-0.3, -0.25) is 0 Å². The molecule has 33 heavy (non-hydrogen) atoms. The van der Waals surface area contributed by atoms with E-state index in [1.165, 1.54) is 31.3 Å². The maximum Gasteiger partial charge on any atom is 0.137 e. The summed E-state index contributed by atoms with van der Waals surface area (Å²) < 4.78 is 8.73. The standard InChI is InChI=1S/C30H19NOS/c1-4-13-23(31-24-14-8-16-26-30(24)21-10-2-5-15-25(21)32-26)19(9-1)20-12-7-18-28-29(20)22-11-3-6-17-27(22)33-28/h1-18,31H. The van der Waals surface area contributed by atoms with Gasteiger partial charge in [0.2, 0.25) is 0 Å². The molecule has 0 atom stereocenters. The van der Waals surface area contributed by atoms with Gasteiger partial charge in [0, 0.05) is 36.8 Å². The first-order valence-electron chi connectivity index (χ1n) is 11.0. The lowest BCUT2D eigenvalue weighted by Crippen LogP contribution is -1.94. The first kappa shape index (κ1) is 18.5. The number of benzene rings is 5. The second-order valence-electron chi connectivity index (χ2n) is 8.22. The van der Waals surface area contributed by atoms with Crippen LogP contribution in [0, 0.1) is 0 Å². The molecule has 0 saturated heterocycles. The fraction of sp³-hybridized carbons (Fsp3) is 0. The molecule has 0 unspecified atom stereocenters. The Balaban J connectivity index is 1.45. The van der Waals surface area contributed by atoms with Crippen LogP contribution in [0.1, 0.15) is 0 Å². The van der Waals surface area contributed by atoms with E-state index in [1.807, 2.05) is 35.6 Å². The second kappa shape index (κ2) is 7.22. The molecule has 2 nitrogen and oxygen atoms in total. The van der Waals surface area contributed by atoms with Crippen molar-refractivity contribution in [1.82, 2.24) is 0 Å². The number of hydrogen-bond acceptors (Lipinski definition) is 3. The number of hydrogen-bond donors (Lipinski definition) is 1. The van der Waals surface area contributed by atoms with Crippen molar-refractivity contribution in [2.24, 2.45) is 0 Å². The number of anilines is 2. The van der Waals surface area contributed by atoms with E-state index in [0.717, 1.165) is 33.3 Å². The highest BCUT2D eigenvalue weighted by Crippen LogP contribution is 2.43. The van der Waals surface area contributed by atoms with E-state index in [-0.39, 0.29) is 0 Å². The number of thiophene rings is 1. The first-order valence-corrected chi connectivity index (χ1v) is 11.9. The highest BCUT2D eigenvalue weighted by atomic mass is 32.1. The molecule has 0 aliphatic rings. The Morgan fingerprint density at radius 2 is 1.15 bits per heavy atom. The third kappa shape index (κ3) is 2.86. The molecule has 0 spiro atoms. The first-order chi connectivity index (χ1) is 16.4. The van der Waals surface area contributed by atoms with Crippen molar-refractivity contribution in [3.8, 4) is 11.1 Å². The zero-order chi connectivity index (χ0) is 21.8. The molecule has 0 amide bonds. The normalized spacial score (nSPS) is 11.6. The minimum absolute atomic E-state index is 0.893. The smallest absolute Gasteiger partial charge is 0.137 e. The van der Waals surface area contributed by atoms with Crippen LogP contribution in [0.3, 0.4) is 0 Å². The second-order valence-corrected chi connectivity index (χ2v) is 9.31. The van der Waals surface area contributed by atoms with Crippen molar-refractivity contribution < 1.29 is 4.42 Å². The topological polar surface area (TPSA) is 25.2 Å². The molecule has 3 heteroatoms. The SMILES string of the molecule is c1ccc(-c2cccc3sc4ccccc4c23)c(Nc2cccc3oc4ccccc4c23)c1. The van der Waals surface area contributed by atoms with E-state index in [4.69, 9.17) is 4.42 Å². The molecule has 2 aromatic heterocycles. The molecular weight excluding hydrogens is 422 g/mol. The number of fused-ring (bicyclic) bond motifs is 6. The molecule has 0 fully saturated rings. The Hall–Kier alpha value is -4.08. The van der Waals surface area contributed by atoms with E-state index >= 15 is 0 Å². The van der Waals surface area contributed by atoms with Gasteiger partial charge in [-0.05, 0) is 42.0 Å². The van der Waals surface area contributed by atoms with Crippen molar-refractivity contribution in [2.45, 2.75) is 0 Å². The average molecular weight is 442 g/mol. The average Bonchev–Trinajstić information content (AvgIpc) is 3.43. The minimum Gasteiger partial charge on any atom is -0.456 e. The zero-order valence-corrected chi connectivity index (χ0v) is 18.5. The van der Waals surface area contributed by atoms with E-state index in [2.05, 4.69) is 90.2 Å². The molecule has 2 heterocycles. The van der Waals surface area contributed by atoms with Crippen LogP contribution in [0.25, 0.3) is 53.2 Å². The summed E-state index contributed by atoms with van der Waals surface area (Å²) in [6.45, 7) is 0. The van der Waals surface area contributed by atoms with Crippen LogP contribution in [-0.4, -0.2) is 0 Å². The molecule has 156 valence electrons. The lowest BCUT2D eigenvalue weighted by atomic mass is 9.98. The van der Waals surface area contributed by atoms with E-state index < -0.39 is 0 Å². The Kier molecular flexibility index (Phi) is 4.05. The van der Waals surface area contributed by atoms with Gasteiger partial charge in [0.05, 0.1) is 11.1 Å². The van der Waals surface area contributed by atoms with Gasteiger partial charge in [0.1, 0.15) is 11.2 Å². The van der Waals surface area contributed by atoms with E-state index in [0.29, 0.717) is 0 Å². The Labute approximate surface area is 194 Å². The molecule has 7 aromatic rings. The predicted molar refractivity (Wildman–Crippen MR) is 142 cm³/mol. The van der Waals surface area contributed by atoms with Crippen LogP contribution in [0.15, 0.2) is 114 Å². The summed E-state index contributed by atoms with van der Waals surface area (Å²) in [5.41, 5.74) is 6.37. The van der Waals surface area contributed by atoms with Crippen molar-refractivity contribution in [3.05, 3.63) is 109 Å². The number of nitrogens with one attached hydrogen (secondary N) is 1. The van der Waals surface area contributed by atoms with Crippen LogP contribution in [0.2, 0.25) is 0 Å². The van der Waals surface area contributed by atoms with Crippen molar-refractivity contribution in [1.29, 1.82) is 0 Å². The van der Waals surface area contributed by atoms with Crippen LogP contribution in [0.5, 0.6) is 0 Å². The minimum atomic E-state index is 0.893. The van der Waals surface area contributed by atoms with Gasteiger partial charge < -0.3 is 9.73 Å². The zero-order valence-electron chi connectivity index (χ0n) is 17.7. The number of rotatable bonds is 3. The molecular formula is C30H19NOS. The van der Waals surface area contributed by atoms with Crippen molar-refractivity contribution >= 4 is 64.8 Å². The third-order valence-electron chi connectivity index (χ3n) is 6.29. The largest absolute Gasteiger partial charge is 0.456 e. The molecule has 0 radical (unpaired) electrons. The summed E-state index contributed by atoms with van der Waals surface area (Å²) in [5, 5.41) is 8.61. The maximum atomic E-state index is 6.10. The maximum absolute atomic E-state index is 6.10. The fourth-order valence-electron chi connectivity index (χ4n) is 4.85. The lowest BCUT2D eigenvalue weighted by Gasteiger charge is -2.14. The van der Waals surface area contributed by atoms with Gasteiger partial charge >= 0.3 is 0 Å². The van der Waals surface area contributed by atoms with Gasteiger partial charge in [0.15, 0.2) is 0 Å². The molecule has 0 bridgehead atoms. The summed E-state index contributed by atoms with van der Waals surface area (Å²) in [6, 6.07) is 38.3. The Morgan fingerprint density at radius 1 is 0.485 bits per heavy atom. The fourth-order valence-corrected chi connectivity index (χ4v) is 5.98. The highest BCUT2D eigenvalue weighted by Gasteiger charge is 2.15. The summed E-state index contributed by atoms with van der Waals surface area (Å²) in [6.07, 6.45) is 0. The van der Waals surface area contributed by atoms with Gasteiger partial charge in [-0.2, -0.15) is 0 Å². The lowest BCUT2D eigenvalue weighted by molar-refractivity contribution is 0.669. The summed E-state index contributed by atoms with van der Waals surface area (Å²) in [7, 11) is 0. The van der Waals surface area contributed by atoms with Gasteiger partial charge in [0.25, 0.3) is 0 Å². The molecule has 7 rings (SSSR count). The molecule has 0 aliphatic carbocycles.